The molecule has 0 aliphatic heterocycles. The van der Waals surface area contributed by atoms with Gasteiger partial charge in [-0.1, -0.05) is 11.6 Å². The van der Waals surface area contributed by atoms with Crippen LogP contribution in [0.5, 0.6) is 0 Å². The van der Waals surface area contributed by atoms with Crippen LogP contribution >= 0.6 is 11.6 Å². The molecule has 0 aromatic carbocycles. The van der Waals surface area contributed by atoms with E-state index < -0.39 is 0 Å². The molecule has 1 amide bonds. The van der Waals surface area contributed by atoms with Crippen molar-refractivity contribution in [2.45, 2.75) is 12.8 Å². The van der Waals surface area contributed by atoms with Crippen LogP contribution in [0.3, 0.4) is 0 Å². The second-order valence-corrected chi connectivity index (χ2v) is 3.55. The Hall–Kier alpha value is -1.13. The number of unbranched alkanes of at least 4 members (excludes halogenated alkanes) is 1. The van der Waals surface area contributed by atoms with Crippen molar-refractivity contribution in [3.63, 3.8) is 0 Å². The minimum atomic E-state index is -0.177. The maximum absolute atomic E-state index is 11.5. The van der Waals surface area contributed by atoms with E-state index in [1.165, 1.54) is 6.20 Å². The highest BCUT2D eigenvalue weighted by molar-refractivity contribution is 6.30. The summed E-state index contributed by atoms with van der Waals surface area (Å²) in [5, 5.41) is 3.28. The van der Waals surface area contributed by atoms with Gasteiger partial charge in [0.25, 0.3) is 5.91 Å². The highest BCUT2D eigenvalue weighted by Gasteiger charge is 2.05. The third-order valence-electron chi connectivity index (χ3n) is 1.88. The monoisotopic (exact) mass is 227 g/mol. The average molecular weight is 228 g/mol. The van der Waals surface area contributed by atoms with Gasteiger partial charge in [0, 0.05) is 12.7 Å². The van der Waals surface area contributed by atoms with Gasteiger partial charge in [-0.25, -0.2) is 4.98 Å². The molecule has 0 spiro atoms. The summed E-state index contributed by atoms with van der Waals surface area (Å²) in [7, 11) is 0. The molecule has 0 saturated heterocycles. The Kier molecular flexibility index (Phi) is 5.07. The number of nitrogens with zero attached hydrogens (tertiary/aromatic N) is 1. The van der Waals surface area contributed by atoms with E-state index in [2.05, 4.69) is 10.3 Å². The lowest BCUT2D eigenvalue weighted by Crippen LogP contribution is -2.25. The Morgan fingerprint density at radius 2 is 2.27 bits per heavy atom. The summed E-state index contributed by atoms with van der Waals surface area (Å²) in [5.41, 5.74) is 5.72. The Morgan fingerprint density at radius 1 is 1.47 bits per heavy atom. The molecule has 0 atom stereocenters. The second kappa shape index (κ2) is 6.37. The van der Waals surface area contributed by atoms with Crippen molar-refractivity contribution in [2.75, 3.05) is 13.1 Å². The van der Waals surface area contributed by atoms with Gasteiger partial charge in [0.2, 0.25) is 0 Å². The Labute approximate surface area is 93.8 Å². The van der Waals surface area contributed by atoms with Crippen molar-refractivity contribution in [3.05, 3.63) is 29.0 Å². The molecule has 1 rings (SSSR count). The van der Waals surface area contributed by atoms with Gasteiger partial charge in [-0.2, -0.15) is 0 Å². The van der Waals surface area contributed by atoms with Crippen molar-refractivity contribution in [3.8, 4) is 0 Å². The molecule has 5 heteroatoms. The number of aromatic nitrogens is 1. The molecular weight excluding hydrogens is 214 g/mol. The summed E-state index contributed by atoms with van der Waals surface area (Å²) >= 11 is 5.65. The number of carbonyl (C=O) groups is 1. The van der Waals surface area contributed by atoms with Gasteiger partial charge in [0.15, 0.2) is 0 Å². The SMILES string of the molecule is NCCCCNC(=O)c1ccc(Cl)cn1. The Morgan fingerprint density at radius 3 is 2.87 bits per heavy atom. The van der Waals surface area contributed by atoms with Crippen LogP contribution in [0, 0.1) is 0 Å². The summed E-state index contributed by atoms with van der Waals surface area (Å²) in [5.74, 6) is -0.177. The molecule has 15 heavy (non-hydrogen) atoms. The zero-order valence-corrected chi connectivity index (χ0v) is 9.13. The van der Waals surface area contributed by atoms with E-state index in [1.807, 2.05) is 0 Å². The molecule has 1 aromatic heterocycles. The van der Waals surface area contributed by atoms with Crippen LogP contribution in [0.4, 0.5) is 0 Å². The van der Waals surface area contributed by atoms with Crippen LogP contribution < -0.4 is 11.1 Å². The van der Waals surface area contributed by atoms with Gasteiger partial charge < -0.3 is 11.1 Å². The number of amides is 1. The van der Waals surface area contributed by atoms with E-state index in [0.29, 0.717) is 23.8 Å². The van der Waals surface area contributed by atoms with Crippen LogP contribution in [0.1, 0.15) is 23.3 Å². The van der Waals surface area contributed by atoms with Gasteiger partial charge >= 0.3 is 0 Å². The molecular formula is C10H14ClN3O. The van der Waals surface area contributed by atoms with E-state index in [1.54, 1.807) is 12.1 Å². The summed E-state index contributed by atoms with van der Waals surface area (Å²) in [6, 6.07) is 3.24. The van der Waals surface area contributed by atoms with Crippen molar-refractivity contribution in [1.29, 1.82) is 0 Å². The summed E-state index contributed by atoms with van der Waals surface area (Å²) in [6.07, 6.45) is 3.25. The lowest BCUT2D eigenvalue weighted by molar-refractivity contribution is 0.0948. The first-order valence-electron chi connectivity index (χ1n) is 4.84. The highest BCUT2D eigenvalue weighted by Crippen LogP contribution is 2.05. The van der Waals surface area contributed by atoms with Gasteiger partial charge in [0.05, 0.1) is 5.02 Å². The first kappa shape index (κ1) is 11.9. The molecule has 0 aliphatic carbocycles. The van der Waals surface area contributed by atoms with E-state index in [9.17, 15) is 4.79 Å². The van der Waals surface area contributed by atoms with Gasteiger partial charge in [-0.15, -0.1) is 0 Å². The number of rotatable bonds is 5. The third kappa shape index (κ3) is 4.27. The lowest BCUT2D eigenvalue weighted by atomic mass is 10.3. The van der Waals surface area contributed by atoms with Crippen LogP contribution in [0.15, 0.2) is 18.3 Å². The zero-order chi connectivity index (χ0) is 11.1. The summed E-state index contributed by atoms with van der Waals surface area (Å²) in [4.78, 5) is 15.4. The summed E-state index contributed by atoms with van der Waals surface area (Å²) < 4.78 is 0. The predicted molar refractivity (Wildman–Crippen MR) is 59.9 cm³/mol. The topological polar surface area (TPSA) is 68.0 Å². The largest absolute Gasteiger partial charge is 0.351 e. The van der Waals surface area contributed by atoms with Crippen LogP contribution in [-0.2, 0) is 0 Å². The van der Waals surface area contributed by atoms with Crippen LogP contribution in [0.2, 0.25) is 5.02 Å². The van der Waals surface area contributed by atoms with E-state index in [0.717, 1.165) is 12.8 Å². The molecule has 0 saturated carbocycles. The minimum Gasteiger partial charge on any atom is -0.351 e. The lowest BCUT2D eigenvalue weighted by Gasteiger charge is -2.03. The fourth-order valence-electron chi connectivity index (χ4n) is 1.07. The van der Waals surface area contributed by atoms with Crippen molar-refractivity contribution >= 4 is 17.5 Å². The van der Waals surface area contributed by atoms with Gasteiger partial charge in [-0.05, 0) is 31.5 Å². The number of halogens is 1. The average Bonchev–Trinajstić information content (AvgIpc) is 2.25. The number of hydrogen-bond acceptors (Lipinski definition) is 3. The molecule has 0 aliphatic rings. The van der Waals surface area contributed by atoms with Crippen molar-refractivity contribution in [2.24, 2.45) is 5.73 Å². The van der Waals surface area contributed by atoms with Crippen molar-refractivity contribution in [1.82, 2.24) is 10.3 Å². The standard InChI is InChI=1S/C10H14ClN3O/c11-8-3-4-9(14-7-8)10(15)13-6-2-1-5-12/h3-4,7H,1-2,5-6,12H2,(H,13,15). The third-order valence-corrected chi connectivity index (χ3v) is 2.10. The normalized spacial score (nSPS) is 10.0. The highest BCUT2D eigenvalue weighted by atomic mass is 35.5. The minimum absolute atomic E-state index is 0.177. The summed E-state index contributed by atoms with van der Waals surface area (Å²) in [6.45, 7) is 1.27. The number of pyridine rings is 1. The maximum atomic E-state index is 11.5. The first-order valence-corrected chi connectivity index (χ1v) is 5.21. The molecule has 1 aromatic rings. The Bertz CT molecular complexity index is 313. The fourth-order valence-corrected chi connectivity index (χ4v) is 1.18. The first-order chi connectivity index (χ1) is 7.24. The van der Waals surface area contributed by atoms with Gasteiger partial charge in [-0.3, -0.25) is 4.79 Å². The van der Waals surface area contributed by atoms with E-state index >= 15 is 0 Å². The second-order valence-electron chi connectivity index (χ2n) is 3.11. The molecule has 4 nitrogen and oxygen atoms in total. The van der Waals surface area contributed by atoms with Gasteiger partial charge in [0.1, 0.15) is 5.69 Å². The molecule has 0 radical (unpaired) electrons. The van der Waals surface area contributed by atoms with Crippen molar-refractivity contribution < 1.29 is 4.79 Å². The molecule has 0 unspecified atom stereocenters. The van der Waals surface area contributed by atoms with E-state index in [-0.39, 0.29) is 5.91 Å². The predicted octanol–water partition coefficient (Wildman–Crippen LogP) is 1.20. The Balaban J connectivity index is 2.37. The number of nitrogens with two attached hydrogens (primary N) is 1. The number of carbonyl (C=O) groups excluding carboxylic acids is 1. The fraction of sp³-hybridized carbons (Fsp3) is 0.400. The quantitative estimate of drug-likeness (QED) is 0.743. The van der Waals surface area contributed by atoms with Crippen LogP contribution in [0.25, 0.3) is 0 Å². The van der Waals surface area contributed by atoms with E-state index in [4.69, 9.17) is 17.3 Å². The molecule has 0 fully saturated rings. The van der Waals surface area contributed by atoms with Crippen LogP contribution in [-0.4, -0.2) is 24.0 Å². The zero-order valence-electron chi connectivity index (χ0n) is 8.37. The number of hydrogen-bond donors (Lipinski definition) is 2. The molecule has 3 N–H and O–H groups in total. The molecule has 82 valence electrons. The smallest absolute Gasteiger partial charge is 0.269 e. The molecule has 0 bridgehead atoms. The maximum Gasteiger partial charge on any atom is 0.269 e. The molecule has 1 heterocycles. The number of nitrogens with one attached hydrogen (secondary N) is 1.